The van der Waals surface area contributed by atoms with E-state index in [1.165, 1.54) is 12.1 Å². The zero-order valence-electron chi connectivity index (χ0n) is 17.7. The summed E-state index contributed by atoms with van der Waals surface area (Å²) >= 11 is 6.12. The maximum atomic E-state index is 13.8. The Hall–Kier alpha value is -3.52. The number of benzene rings is 3. The number of hydrogen-bond donors (Lipinski definition) is 0. The first-order valence-electron chi connectivity index (χ1n) is 10.6. The van der Waals surface area contributed by atoms with Gasteiger partial charge in [0.05, 0.1) is 0 Å². The lowest BCUT2D eigenvalue weighted by Gasteiger charge is -2.51. The molecular weight excluding hydrogens is 469 g/mol. The molecule has 5 rings (SSSR count). The Morgan fingerprint density at radius 3 is 2.29 bits per heavy atom. The summed E-state index contributed by atoms with van der Waals surface area (Å²) in [6.07, 6.45) is -4.28. The van der Waals surface area contributed by atoms with E-state index in [-0.39, 0.29) is 11.5 Å². The van der Waals surface area contributed by atoms with Gasteiger partial charge in [-0.25, -0.2) is 0 Å². The Balaban J connectivity index is 1.63. The van der Waals surface area contributed by atoms with Gasteiger partial charge < -0.3 is 14.5 Å². The van der Waals surface area contributed by atoms with Gasteiger partial charge >= 0.3 is 6.36 Å². The van der Waals surface area contributed by atoms with Crippen LogP contribution in [0.25, 0.3) is 0 Å². The Morgan fingerprint density at radius 1 is 0.941 bits per heavy atom. The van der Waals surface area contributed by atoms with E-state index in [1.807, 2.05) is 12.1 Å². The van der Waals surface area contributed by atoms with Crippen molar-refractivity contribution < 1.29 is 27.5 Å². The molecule has 1 saturated heterocycles. The molecule has 0 radical (unpaired) electrons. The van der Waals surface area contributed by atoms with Crippen molar-refractivity contribution in [1.29, 1.82) is 0 Å². The molecular formula is C25H18ClF3N2O3. The van der Waals surface area contributed by atoms with E-state index < -0.39 is 23.7 Å². The summed E-state index contributed by atoms with van der Waals surface area (Å²) in [4.78, 5) is 30.5. The average Bonchev–Trinajstić information content (AvgIpc) is 3.08. The number of rotatable bonds is 3. The lowest BCUT2D eigenvalue weighted by Crippen LogP contribution is -2.62. The smallest absolute Gasteiger partial charge is 0.406 e. The van der Waals surface area contributed by atoms with Gasteiger partial charge in [0.15, 0.2) is 5.66 Å². The third-order valence-electron chi connectivity index (χ3n) is 6.15. The van der Waals surface area contributed by atoms with Crippen LogP contribution in [0.2, 0.25) is 5.02 Å². The number of alkyl halides is 3. The molecule has 2 heterocycles. The number of carbonyl (C=O) groups excluding carboxylic acids is 2. The van der Waals surface area contributed by atoms with Gasteiger partial charge in [-0.3, -0.25) is 9.59 Å². The number of ether oxygens (including phenoxy) is 1. The number of halogens is 4. The first-order valence-corrected chi connectivity index (χ1v) is 10.9. The molecule has 1 fully saturated rings. The Kier molecular flexibility index (Phi) is 5.28. The molecule has 1 atom stereocenters. The second kappa shape index (κ2) is 8.06. The van der Waals surface area contributed by atoms with Crippen LogP contribution in [-0.2, 0) is 5.66 Å². The zero-order chi connectivity index (χ0) is 24.1. The van der Waals surface area contributed by atoms with Crippen LogP contribution in [0.15, 0.2) is 72.8 Å². The first kappa shape index (κ1) is 22.3. The Bertz CT molecular complexity index is 1260. The molecule has 9 heteroatoms. The van der Waals surface area contributed by atoms with E-state index in [1.54, 1.807) is 46.2 Å². The van der Waals surface area contributed by atoms with Crippen molar-refractivity contribution in [1.82, 2.24) is 9.80 Å². The van der Waals surface area contributed by atoms with E-state index in [9.17, 15) is 22.8 Å². The van der Waals surface area contributed by atoms with Gasteiger partial charge in [-0.1, -0.05) is 41.9 Å². The highest BCUT2D eigenvalue weighted by Crippen LogP contribution is 2.49. The van der Waals surface area contributed by atoms with Gasteiger partial charge in [0, 0.05) is 40.4 Å². The molecule has 34 heavy (non-hydrogen) atoms. The Morgan fingerprint density at radius 2 is 1.62 bits per heavy atom. The summed E-state index contributed by atoms with van der Waals surface area (Å²) < 4.78 is 41.5. The van der Waals surface area contributed by atoms with Crippen LogP contribution in [0.3, 0.4) is 0 Å². The minimum atomic E-state index is -4.83. The summed E-state index contributed by atoms with van der Waals surface area (Å²) in [6.45, 7) is 0.790. The van der Waals surface area contributed by atoms with Gasteiger partial charge in [0.1, 0.15) is 5.75 Å². The van der Waals surface area contributed by atoms with Crippen molar-refractivity contribution in [3.8, 4) is 5.75 Å². The molecule has 2 aliphatic heterocycles. The van der Waals surface area contributed by atoms with Crippen LogP contribution in [0.4, 0.5) is 13.2 Å². The highest BCUT2D eigenvalue weighted by atomic mass is 35.5. The summed E-state index contributed by atoms with van der Waals surface area (Å²) in [7, 11) is 0. The molecule has 0 aliphatic carbocycles. The van der Waals surface area contributed by atoms with E-state index in [0.29, 0.717) is 41.2 Å². The Labute approximate surface area is 198 Å². The van der Waals surface area contributed by atoms with E-state index >= 15 is 0 Å². The van der Waals surface area contributed by atoms with E-state index in [2.05, 4.69) is 4.74 Å². The van der Waals surface area contributed by atoms with Crippen LogP contribution < -0.4 is 4.74 Å². The molecule has 5 nitrogen and oxygen atoms in total. The van der Waals surface area contributed by atoms with Crippen molar-refractivity contribution >= 4 is 23.4 Å². The normalized spacial score (nSPS) is 19.6. The standard InChI is InChI=1S/C25H18ClF3N2O3/c26-18-10-8-17(9-11-18)24-21-5-2-1-4-20(21)23(33)31(24)15-3-14-30(24)22(32)16-6-12-19(13-7-16)34-25(27,28)29/h1-2,4-13H,3,14-15H2. The van der Waals surface area contributed by atoms with Crippen molar-refractivity contribution in [3.63, 3.8) is 0 Å². The maximum absolute atomic E-state index is 13.8. The van der Waals surface area contributed by atoms with Gasteiger partial charge in [-0.15, -0.1) is 13.2 Å². The van der Waals surface area contributed by atoms with Crippen LogP contribution in [-0.4, -0.2) is 41.1 Å². The molecule has 0 spiro atoms. The van der Waals surface area contributed by atoms with Gasteiger partial charge in [-0.05, 0) is 48.9 Å². The number of hydrogen-bond acceptors (Lipinski definition) is 3. The topological polar surface area (TPSA) is 49.9 Å². The highest BCUT2D eigenvalue weighted by Gasteiger charge is 2.57. The van der Waals surface area contributed by atoms with Gasteiger partial charge in [-0.2, -0.15) is 0 Å². The minimum Gasteiger partial charge on any atom is -0.406 e. The summed E-state index contributed by atoms with van der Waals surface area (Å²) in [5.41, 5.74) is 0.856. The molecule has 0 saturated carbocycles. The molecule has 3 aromatic rings. The summed E-state index contributed by atoms with van der Waals surface area (Å²) in [5.74, 6) is -1.02. The number of carbonyl (C=O) groups is 2. The lowest BCUT2D eigenvalue weighted by atomic mass is 9.86. The van der Waals surface area contributed by atoms with Crippen LogP contribution >= 0.6 is 11.6 Å². The number of nitrogens with zero attached hydrogens (tertiary/aromatic N) is 2. The van der Waals surface area contributed by atoms with Crippen molar-refractivity contribution in [3.05, 3.63) is 100 Å². The predicted molar refractivity (Wildman–Crippen MR) is 118 cm³/mol. The molecule has 174 valence electrons. The quantitative estimate of drug-likeness (QED) is 0.495. The van der Waals surface area contributed by atoms with E-state index in [4.69, 9.17) is 11.6 Å². The second-order valence-corrected chi connectivity index (χ2v) is 8.50. The second-order valence-electron chi connectivity index (χ2n) is 8.06. The van der Waals surface area contributed by atoms with Crippen LogP contribution in [0, 0.1) is 0 Å². The van der Waals surface area contributed by atoms with Crippen molar-refractivity contribution in [2.45, 2.75) is 18.4 Å². The third-order valence-corrected chi connectivity index (χ3v) is 6.40. The predicted octanol–water partition coefficient (Wildman–Crippen LogP) is 5.44. The molecule has 3 aromatic carbocycles. The number of fused-ring (bicyclic) bond motifs is 3. The monoisotopic (exact) mass is 486 g/mol. The number of amides is 2. The molecule has 0 bridgehead atoms. The summed E-state index contributed by atoms with van der Waals surface area (Å²) in [5, 5.41) is 0.512. The van der Waals surface area contributed by atoms with Gasteiger partial charge in [0.25, 0.3) is 11.8 Å². The zero-order valence-corrected chi connectivity index (χ0v) is 18.4. The van der Waals surface area contributed by atoms with E-state index in [0.717, 1.165) is 12.1 Å². The lowest BCUT2D eigenvalue weighted by molar-refractivity contribution is -0.274. The molecule has 0 N–H and O–H groups in total. The van der Waals surface area contributed by atoms with Gasteiger partial charge in [0.2, 0.25) is 0 Å². The fourth-order valence-corrected chi connectivity index (χ4v) is 4.99. The van der Waals surface area contributed by atoms with Crippen molar-refractivity contribution in [2.24, 2.45) is 0 Å². The maximum Gasteiger partial charge on any atom is 0.573 e. The highest BCUT2D eigenvalue weighted by molar-refractivity contribution is 6.30. The van der Waals surface area contributed by atoms with Crippen LogP contribution in [0.1, 0.15) is 38.3 Å². The fraction of sp³-hybridized carbons (Fsp3) is 0.200. The SMILES string of the molecule is O=C(c1ccc(OC(F)(F)F)cc1)N1CCCN2C(=O)c3ccccc3C12c1ccc(Cl)cc1. The minimum absolute atomic E-state index is 0.182. The third kappa shape index (κ3) is 3.49. The van der Waals surface area contributed by atoms with Crippen LogP contribution in [0.5, 0.6) is 5.75 Å². The molecule has 2 aliphatic rings. The summed E-state index contributed by atoms with van der Waals surface area (Å²) in [6, 6.07) is 18.9. The largest absolute Gasteiger partial charge is 0.573 e. The average molecular weight is 487 g/mol. The molecule has 1 unspecified atom stereocenters. The fourth-order valence-electron chi connectivity index (χ4n) is 4.87. The first-order chi connectivity index (χ1) is 16.2. The molecule has 0 aromatic heterocycles. The van der Waals surface area contributed by atoms with Crippen molar-refractivity contribution in [2.75, 3.05) is 13.1 Å². The molecule has 2 amide bonds.